The van der Waals surface area contributed by atoms with Crippen molar-refractivity contribution in [2.24, 2.45) is 0 Å². The highest BCUT2D eigenvalue weighted by Crippen LogP contribution is 2.28. The number of benzene rings is 2. The number of ether oxygens (including phenoxy) is 2. The molecule has 3 N–H and O–H groups in total. The Morgan fingerprint density at radius 1 is 1.17 bits per heavy atom. The number of anilines is 2. The van der Waals surface area contributed by atoms with Gasteiger partial charge in [0, 0.05) is 54.2 Å². The zero-order valence-corrected chi connectivity index (χ0v) is 20.5. The molecule has 2 aromatic heterocycles. The van der Waals surface area contributed by atoms with Crippen molar-refractivity contribution >= 4 is 44.6 Å². The highest BCUT2D eigenvalue weighted by atomic mass is 79.9. The summed E-state index contributed by atoms with van der Waals surface area (Å²) >= 11 is 3.42. The molecule has 0 saturated carbocycles. The van der Waals surface area contributed by atoms with E-state index in [1.54, 1.807) is 43.6 Å². The summed E-state index contributed by atoms with van der Waals surface area (Å²) in [6.07, 6.45) is 2.37. The number of carbonyl (C=O) groups is 1. The lowest BCUT2D eigenvalue weighted by Crippen LogP contribution is -2.36. The second-order valence-electron chi connectivity index (χ2n) is 8.23. The molecule has 0 radical (unpaired) electrons. The third-order valence-electron chi connectivity index (χ3n) is 5.58. The highest BCUT2D eigenvalue weighted by molar-refractivity contribution is 9.10. The minimum atomic E-state index is -0.240. The summed E-state index contributed by atoms with van der Waals surface area (Å²) in [5.74, 6) is 0.833. The molecule has 1 aliphatic heterocycles. The van der Waals surface area contributed by atoms with Crippen molar-refractivity contribution in [2.75, 3.05) is 25.6 Å². The fourth-order valence-corrected chi connectivity index (χ4v) is 4.20. The largest absolute Gasteiger partial charge is 0.457 e. The summed E-state index contributed by atoms with van der Waals surface area (Å²) in [7, 11) is 1.67. The number of amides is 1. The predicted molar refractivity (Wildman–Crippen MR) is 135 cm³/mol. The van der Waals surface area contributed by atoms with E-state index < -0.39 is 0 Å². The molecular weight excluding hydrogens is 514 g/mol. The topological polar surface area (TPSA) is 111 Å². The lowest BCUT2D eigenvalue weighted by atomic mass is 10.2. The molecule has 2 aromatic carbocycles. The van der Waals surface area contributed by atoms with Crippen molar-refractivity contribution < 1.29 is 18.7 Å². The van der Waals surface area contributed by atoms with E-state index >= 15 is 0 Å². The third-order valence-corrected chi connectivity index (χ3v) is 6.11. The number of hydrogen-bond donors (Lipinski definition) is 3. The zero-order chi connectivity index (χ0) is 24.2. The van der Waals surface area contributed by atoms with Gasteiger partial charge in [-0.15, -0.1) is 0 Å². The number of methoxy groups -OCH3 is 1. The molecule has 0 aliphatic carbocycles. The second kappa shape index (κ2) is 10.4. The van der Waals surface area contributed by atoms with Gasteiger partial charge in [-0.25, -0.2) is 0 Å². The molecule has 2 unspecified atom stereocenters. The number of rotatable bonds is 8. The van der Waals surface area contributed by atoms with Crippen molar-refractivity contribution in [2.45, 2.75) is 18.5 Å². The minimum Gasteiger partial charge on any atom is -0.457 e. The number of halogens is 1. The van der Waals surface area contributed by atoms with Gasteiger partial charge in [-0.1, -0.05) is 15.9 Å². The van der Waals surface area contributed by atoms with E-state index in [1.165, 1.54) is 0 Å². The molecule has 10 heteroatoms. The van der Waals surface area contributed by atoms with Crippen molar-refractivity contribution in [3.8, 4) is 11.5 Å². The van der Waals surface area contributed by atoms with Gasteiger partial charge in [0.1, 0.15) is 22.7 Å². The molecule has 2 atom stereocenters. The van der Waals surface area contributed by atoms with Gasteiger partial charge in [0.2, 0.25) is 0 Å². The Morgan fingerprint density at radius 2 is 2.00 bits per heavy atom. The first-order chi connectivity index (χ1) is 17.1. The van der Waals surface area contributed by atoms with E-state index in [0.29, 0.717) is 47.5 Å². The summed E-state index contributed by atoms with van der Waals surface area (Å²) < 4.78 is 17.9. The number of aromatic nitrogens is 2. The first-order valence-electron chi connectivity index (χ1n) is 11.2. The summed E-state index contributed by atoms with van der Waals surface area (Å²) in [6, 6.07) is 17.1. The Hall–Kier alpha value is -3.47. The fourth-order valence-electron chi connectivity index (χ4n) is 3.93. The number of fused-ring (bicyclic) bond motifs is 1. The molecule has 0 spiro atoms. The average molecular weight is 538 g/mol. The third kappa shape index (κ3) is 5.79. The molecule has 4 aromatic rings. The lowest BCUT2D eigenvalue weighted by molar-refractivity contribution is 0.0933. The molecular formula is C25H24BrN5O4. The molecule has 1 aliphatic rings. The summed E-state index contributed by atoms with van der Waals surface area (Å²) in [4.78, 5) is 21.4. The van der Waals surface area contributed by atoms with Crippen molar-refractivity contribution in [1.29, 1.82) is 0 Å². The monoisotopic (exact) mass is 537 g/mol. The molecule has 35 heavy (non-hydrogen) atoms. The van der Waals surface area contributed by atoms with E-state index in [-0.39, 0.29) is 18.0 Å². The van der Waals surface area contributed by atoms with Crippen LogP contribution in [0.5, 0.6) is 11.5 Å². The standard InChI is InChI=1S/C25H24BrN5O4/c1-33-14-18-10-17(13-28-18)29-24(32)22-12-20(8-9-27-22)34-19-6-7-23-21(11-19)31-25(35-23)30-16-4-2-15(26)3-5-16/h2-9,11-12,17-18,28H,10,13-14H2,1H3,(H,29,32)(H,30,31). The normalized spacial score (nSPS) is 17.4. The number of pyridine rings is 1. The Labute approximate surface area is 210 Å². The van der Waals surface area contributed by atoms with Gasteiger partial charge in [0.15, 0.2) is 5.58 Å². The SMILES string of the molecule is COCC1CC(NC(=O)c2cc(Oc3ccc4oc(Nc5ccc(Br)cc5)nc4c3)ccn2)CN1. The van der Waals surface area contributed by atoms with Crippen LogP contribution in [0.4, 0.5) is 11.7 Å². The number of hydrogen-bond acceptors (Lipinski definition) is 8. The van der Waals surface area contributed by atoms with E-state index in [2.05, 4.69) is 41.8 Å². The van der Waals surface area contributed by atoms with Crippen LogP contribution in [0.3, 0.4) is 0 Å². The number of nitrogens with one attached hydrogen (secondary N) is 3. The van der Waals surface area contributed by atoms with Gasteiger partial charge in [0.05, 0.1) is 6.61 Å². The van der Waals surface area contributed by atoms with Crippen LogP contribution in [0.25, 0.3) is 11.1 Å². The highest BCUT2D eigenvalue weighted by Gasteiger charge is 2.25. The van der Waals surface area contributed by atoms with E-state index in [0.717, 1.165) is 16.6 Å². The quantitative estimate of drug-likeness (QED) is 0.298. The molecule has 180 valence electrons. The summed E-state index contributed by atoms with van der Waals surface area (Å²) in [5, 5.41) is 9.50. The van der Waals surface area contributed by atoms with Crippen molar-refractivity contribution in [3.05, 3.63) is 71.0 Å². The van der Waals surface area contributed by atoms with Crippen LogP contribution in [-0.4, -0.2) is 48.2 Å². The van der Waals surface area contributed by atoms with Crippen LogP contribution in [0, 0.1) is 0 Å². The predicted octanol–water partition coefficient (Wildman–Crippen LogP) is 4.63. The first-order valence-corrected chi connectivity index (χ1v) is 12.0. The maximum Gasteiger partial charge on any atom is 0.300 e. The van der Waals surface area contributed by atoms with Gasteiger partial charge in [-0.2, -0.15) is 4.98 Å². The van der Waals surface area contributed by atoms with Gasteiger partial charge in [-0.3, -0.25) is 9.78 Å². The molecule has 5 rings (SSSR count). The minimum absolute atomic E-state index is 0.0313. The first kappa shape index (κ1) is 23.3. The molecule has 1 amide bonds. The number of oxazole rings is 1. The number of carbonyl (C=O) groups excluding carboxylic acids is 1. The van der Waals surface area contributed by atoms with Crippen molar-refractivity contribution in [3.63, 3.8) is 0 Å². The Balaban J connectivity index is 1.24. The molecule has 1 fully saturated rings. The van der Waals surface area contributed by atoms with Crippen LogP contribution in [-0.2, 0) is 4.74 Å². The van der Waals surface area contributed by atoms with Crippen LogP contribution in [0.15, 0.2) is 69.7 Å². The molecule has 1 saturated heterocycles. The Kier molecular flexibility index (Phi) is 6.94. The van der Waals surface area contributed by atoms with Crippen LogP contribution in [0.1, 0.15) is 16.9 Å². The van der Waals surface area contributed by atoms with Crippen LogP contribution >= 0.6 is 15.9 Å². The Morgan fingerprint density at radius 3 is 2.83 bits per heavy atom. The summed E-state index contributed by atoms with van der Waals surface area (Å²) in [6.45, 7) is 1.32. The van der Waals surface area contributed by atoms with Gasteiger partial charge in [0.25, 0.3) is 11.9 Å². The second-order valence-corrected chi connectivity index (χ2v) is 9.14. The van der Waals surface area contributed by atoms with E-state index in [1.807, 2.05) is 24.3 Å². The van der Waals surface area contributed by atoms with Gasteiger partial charge < -0.3 is 29.8 Å². The number of nitrogens with zero attached hydrogens (tertiary/aromatic N) is 2. The smallest absolute Gasteiger partial charge is 0.300 e. The van der Waals surface area contributed by atoms with Gasteiger partial charge >= 0.3 is 0 Å². The maximum atomic E-state index is 12.7. The Bertz CT molecular complexity index is 1330. The van der Waals surface area contributed by atoms with Crippen LogP contribution < -0.4 is 20.7 Å². The van der Waals surface area contributed by atoms with Gasteiger partial charge in [-0.05, 0) is 48.9 Å². The molecule has 3 heterocycles. The molecule has 0 bridgehead atoms. The average Bonchev–Trinajstić information content (AvgIpc) is 3.46. The van der Waals surface area contributed by atoms with E-state index in [9.17, 15) is 4.79 Å². The summed E-state index contributed by atoms with van der Waals surface area (Å²) in [5.41, 5.74) is 2.43. The lowest BCUT2D eigenvalue weighted by Gasteiger charge is -2.12. The molecule has 9 nitrogen and oxygen atoms in total. The maximum absolute atomic E-state index is 12.7. The van der Waals surface area contributed by atoms with Crippen molar-refractivity contribution in [1.82, 2.24) is 20.6 Å². The van der Waals surface area contributed by atoms with E-state index in [4.69, 9.17) is 13.9 Å². The fraction of sp³-hybridized carbons (Fsp3) is 0.240. The van der Waals surface area contributed by atoms with Crippen LogP contribution in [0.2, 0.25) is 0 Å². The zero-order valence-electron chi connectivity index (χ0n) is 19.0.